The van der Waals surface area contributed by atoms with Gasteiger partial charge in [0.05, 0.1) is 0 Å². The highest BCUT2D eigenvalue weighted by Crippen LogP contribution is 2.43. The fourth-order valence-electron chi connectivity index (χ4n) is 3.33. The lowest BCUT2D eigenvalue weighted by molar-refractivity contribution is 0.0227. The Balaban J connectivity index is 2.14. The minimum Gasteiger partial charge on any atom is -0.487 e. The van der Waals surface area contributed by atoms with Crippen LogP contribution in [0.4, 0.5) is 0 Å². The Labute approximate surface area is 136 Å². The SMILES string of the molecule is CCC1(CC)CC(NCCCN(C)C)c2cc(C)ccc2O1. The summed E-state index contributed by atoms with van der Waals surface area (Å²) < 4.78 is 6.40. The largest absolute Gasteiger partial charge is 0.487 e. The molecule has 1 heterocycles. The van der Waals surface area contributed by atoms with Gasteiger partial charge in [-0.15, -0.1) is 0 Å². The van der Waals surface area contributed by atoms with Crippen molar-refractivity contribution >= 4 is 0 Å². The molecular weight excluding hydrogens is 272 g/mol. The summed E-state index contributed by atoms with van der Waals surface area (Å²) in [6.45, 7) is 8.83. The van der Waals surface area contributed by atoms with Crippen LogP contribution >= 0.6 is 0 Å². The molecule has 124 valence electrons. The van der Waals surface area contributed by atoms with E-state index in [-0.39, 0.29) is 5.60 Å². The van der Waals surface area contributed by atoms with Crippen LogP contribution in [0.25, 0.3) is 0 Å². The summed E-state index contributed by atoms with van der Waals surface area (Å²) in [5.41, 5.74) is 2.63. The highest BCUT2D eigenvalue weighted by atomic mass is 16.5. The van der Waals surface area contributed by atoms with E-state index in [9.17, 15) is 0 Å². The molecule has 2 rings (SSSR count). The van der Waals surface area contributed by atoms with Crippen LogP contribution in [0, 0.1) is 6.92 Å². The quantitative estimate of drug-likeness (QED) is 0.773. The maximum absolute atomic E-state index is 6.40. The van der Waals surface area contributed by atoms with Crippen molar-refractivity contribution in [2.45, 2.75) is 58.1 Å². The third-order valence-electron chi connectivity index (χ3n) is 4.90. The van der Waals surface area contributed by atoms with Gasteiger partial charge in [-0.05, 0) is 59.4 Å². The molecule has 0 aliphatic carbocycles. The summed E-state index contributed by atoms with van der Waals surface area (Å²) >= 11 is 0. The number of aryl methyl sites for hydroxylation is 1. The molecule has 0 fully saturated rings. The predicted molar refractivity (Wildman–Crippen MR) is 93.7 cm³/mol. The van der Waals surface area contributed by atoms with E-state index in [4.69, 9.17) is 4.74 Å². The van der Waals surface area contributed by atoms with Gasteiger partial charge in [0, 0.05) is 18.0 Å². The molecule has 0 saturated heterocycles. The Hall–Kier alpha value is -1.06. The molecule has 1 N–H and O–H groups in total. The second kappa shape index (κ2) is 7.47. The molecule has 0 bridgehead atoms. The molecule has 1 aliphatic rings. The van der Waals surface area contributed by atoms with Gasteiger partial charge in [0.15, 0.2) is 0 Å². The predicted octanol–water partition coefficient (Wildman–Crippen LogP) is 3.92. The van der Waals surface area contributed by atoms with E-state index in [0.717, 1.165) is 38.1 Å². The zero-order chi connectivity index (χ0) is 16.2. The van der Waals surface area contributed by atoms with Crippen LogP contribution in [0.15, 0.2) is 18.2 Å². The summed E-state index contributed by atoms with van der Waals surface area (Å²) in [4.78, 5) is 2.24. The highest BCUT2D eigenvalue weighted by Gasteiger charge is 2.38. The van der Waals surface area contributed by atoms with E-state index in [1.54, 1.807) is 0 Å². The summed E-state index contributed by atoms with van der Waals surface area (Å²) in [5, 5.41) is 3.78. The molecule has 0 radical (unpaired) electrons. The minimum absolute atomic E-state index is 0.0124. The molecular formula is C19H32N2O. The van der Waals surface area contributed by atoms with Crippen molar-refractivity contribution in [3.8, 4) is 5.75 Å². The van der Waals surface area contributed by atoms with Crippen molar-refractivity contribution in [2.24, 2.45) is 0 Å². The Morgan fingerprint density at radius 3 is 2.64 bits per heavy atom. The Morgan fingerprint density at radius 1 is 1.27 bits per heavy atom. The van der Waals surface area contributed by atoms with Crippen molar-refractivity contribution in [1.29, 1.82) is 0 Å². The maximum Gasteiger partial charge on any atom is 0.124 e. The third kappa shape index (κ3) is 4.02. The molecule has 1 atom stereocenters. The minimum atomic E-state index is -0.0124. The smallest absolute Gasteiger partial charge is 0.124 e. The molecule has 1 aromatic rings. The van der Waals surface area contributed by atoms with Gasteiger partial charge in [0.2, 0.25) is 0 Å². The third-order valence-corrected chi connectivity index (χ3v) is 4.90. The summed E-state index contributed by atoms with van der Waals surface area (Å²) in [6, 6.07) is 7.00. The zero-order valence-corrected chi connectivity index (χ0v) is 14.9. The summed E-state index contributed by atoms with van der Waals surface area (Å²) in [7, 11) is 4.26. The normalized spacial score (nSPS) is 19.8. The van der Waals surface area contributed by atoms with Gasteiger partial charge < -0.3 is 15.0 Å². The van der Waals surface area contributed by atoms with Crippen LogP contribution in [-0.4, -0.2) is 37.7 Å². The lowest BCUT2D eigenvalue weighted by Crippen LogP contribution is -2.43. The fraction of sp³-hybridized carbons (Fsp3) is 0.684. The lowest BCUT2D eigenvalue weighted by Gasteiger charge is -2.42. The first-order chi connectivity index (χ1) is 10.5. The maximum atomic E-state index is 6.40. The first kappa shape index (κ1) is 17.3. The standard InChI is InChI=1S/C19H32N2O/c1-6-19(7-2)14-17(20-11-8-12-21(4)5)16-13-15(3)9-10-18(16)22-19/h9-10,13,17,20H,6-8,11-12,14H2,1-5H3. The van der Waals surface area contributed by atoms with E-state index >= 15 is 0 Å². The molecule has 1 aliphatic heterocycles. The first-order valence-corrected chi connectivity index (χ1v) is 8.67. The van der Waals surface area contributed by atoms with Crippen LogP contribution in [0.5, 0.6) is 5.75 Å². The van der Waals surface area contributed by atoms with Crippen LogP contribution in [0.3, 0.4) is 0 Å². The topological polar surface area (TPSA) is 24.5 Å². The Bertz CT molecular complexity index is 480. The summed E-state index contributed by atoms with van der Waals surface area (Å²) in [5.74, 6) is 1.07. The fourth-order valence-corrected chi connectivity index (χ4v) is 3.33. The van der Waals surface area contributed by atoms with Gasteiger partial charge in [-0.25, -0.2) is 0 Å². The molecule has 3 nitrogen and oxygen atoms in total. The van der Waals surface area contributed by atoms with Crippen molar-refractivity contribution in [3.05, 3.63) is 29.3 Å². The van der Waals surface area contributed by atoms with Crippen LogP contribution < -0.4 is 10.1 Å². The van der Waals surface area contributed by atoms with E-state index in [2.05, 4.69) is 63.3 Å². The van der Waals surface area contributed by atoms with Crippen LogP contribution in [-0.2, 0) is 0 Å². The van der Waals surface area contributed by atoms with Gasteiger partial charge in [-0.3, -0.25) is 0 Å². The van der Waals surface area contributed by atoms with Crippen LogP contribution in [0.1, 0.15) is 56.7 Å². The summed E-state index contributed by atoms with van der Waals surface area (Å²) in [6.07, 6.45) is 4.37. The molecule has 22 heavy (non-hydrogen) atoms. The second-order valence-electron chi connectivity index (χ2n) is 6.90. The first-order valence-electron chi connectivity index (χ1n) is 8.67. The number of hydrogen-bond donors (Lipinski definition) is 1. The number of nitrogens with one attached hydrogen (secondary N) is 1. The molecule has 1 unspecified atom stereocenters. The molecule has 3 heteroatoms. The monoisotopic (exact) mass is 304 g/mol. The molecule has 0 aromatic heterocycles. The number of rotatable bonds is 7. The number of benzene rings is 1. The van der Waals surface area contributed by atoms with Gasteiger partial charge >= 0.3 is 0 Å². The van der Waals surface area contributed by atoms with Gasteiger partial charge in [0.25, 0.3) is 0 Å². The highest BCUT2D eigenvalue weighted by molar-refractivity contribution is 5.41. The van der Waals surface area contributed by atoms with Crippen molar-refractivity contribution in [1.82, 2.24) is 10.2 Å². The van der Waals surface area contributed by atoms with E-state index in [0.29, 0.717) is 6.04 Å². The average molecular weight is 304 g/mol. The van der Waals surface area contributed by atoms with E-state index < -0.39 is 0 Å². The van der Waals surface area contributed by atoms with Crippen molar-refractivity contribution in [2.75, 3.05) is 27.2 Å². The Kier molecular flexibility index (Phi) is 5.87. The Morgan fingerprint density at radius 2 is 2.00 bits per heavy atom. The molecule has 0 amide bonds. The van der Waals surface area contributed by atoms with E-state index in [1.165, 1.54) is 17.5 Å². The van der Waals surface area contributed by atoms with Gasteiger partial charge in [-0.2, -0.15) is 0 Å². The molecule has 0 saturated carbocycles. The second-order valence-corrected chi connectivity index (χ2v) is 6.90. The number of ether oxygens (including phenoxy) is 1. The number of nitrogens with zero attached hydrogens (tertiary/aromatic N) is 1. The lowest BCUT2D eigenvalue weighted by atomic mass is 9.83. The number of hydrogen-bond acceptors (Lipinski definition) is 3. The zero-order valence-electron chi connectivity index (χ0n) is 14.9. The van der Waals surface area contributed by atoms with E-state index in [1.807, 2.05) is 0 Å². The van der Waals surface area contributed by atoms with Crippen molar-refractivity contribution in [3.63, 3.8) is 0 Å². The molecule has 0 spiro atoms. The van der Waals surface area contributed by atoms with Gasteiger partial charge in [-0.1, -0.05) is 31.5 Å². The average Bonchev–Trinajstić information content (AvgIpc) is 2.51. The number of fused-ring (bicyclic) bond motifs is 1. The van der Waals surface area contributed by atoms with Gasteiger partial charge in [0.1, 0.15) is 11.4 Å². The van der Waals surface area contributed by atoms with Crippen LogP contribution in [0.2, 0.25) is 0 Å². The molecule has 1 aromatic carbocycles. The van der Waals surface area contributed by atoms with Crippen molar-refractivity contribution < 1.29 is 4.74 Å².